The summed E-state index contributed by atoms with van der Waals surface area (Å²) in [5.41, 5.74) is 0. The highest BCUT2D eigenvalue weighted by atomic mass is 127. The molecule has 1 aliphatic rings. The molecule has 2 rings (SSSR count). The summed E-state index contributed by atoms with van der Waals surface area (Å²) in [5.74, 6) is 2.93. The van der Waals surface area contributed by atoms with Gasteiger partial charge in [-0.3, -0.25) is 0 Å². The minimum atomic E-state index is 0. The van der Waals surface area contributed by atoms with Gasteiger partial charge in [0.1, 0.15) is 12.4 Å². The summed E-state index contributed by atoms with van der Waals surface area (Å²) >= 11 is 0. The number of nitrogens with one attached hydrogen (secondary N) is 2. The molecule has 0 radical (unpaired) electrons. The van der Waals surface area contributed by atoms with Gasteiger partial charge in [0.25, 0.3) is 0 Å². The van der Waals surface area contributed by atoms with E-state index in [4.69, 9.17) is 0 Å². The van der Waals surface area contributed by atoms with Crippen LogP contribution in [0, 0.1) is 0 Å². The molecule has 0 aliphatic carbocycles. The first kappa shape index (κ1) is 16.2. The molecule has 0 atom stereocenters. The summed E-state index contributed by atoms with van der Waals surface area (Å²) in [6.45, 7) is 7.63. The molecule has 1 aromatic rings. The summed E-state index contributed by atoms with van der Waals surface area (Å²) in [5, 5.41) is 14.9. The van der Waals surface area contributed by atoms with Gasteiger partial charge in [-0.2, -0.15) is 0 Å². The number of aryl methyl sites for hydroxylation is 1. The van der Waals surface area contributed by atoms with Crippen molar-refractivity contribution >= 4 is 29.9 Å². The fourth-order valence-corrected chi connectivity index (χ4v) is 2.06. The van der Waals surface area contributed by atoms with Gasteiger partial charge in [-0.05, 0) is 19.8 Å². The predicted octanol–water partition coefficient (Wildman–Crippen LogP) is 1.31. The molecule has 0 spiro atoms. The number of rotatable bonds is 5. The fourth-order valence-electron chi connectivity index (χ4n) is 2.06. The molecule has 19 heavy (non-hydrogen) atoms. The van der Waals surface area contributed by atoms with E-state index in [0.717, 1.165) is 50.1 Å². The second-order valence-electron chi connectivity index (χ2n) is 4.41. The number of aliphatic imine (C=N–C) groups is 1. The molecule has 7 heteroatoms. The van der Waals surface area contributed by atoms with Crippen molar-refractivity contribution in [2.75, 3.05) is 13.1 Å². The maximum atomic E-state index is 4.54. The van der Waals surface area contributed by atoms with Crippen LogP contribution in [0.15, 0.2) is 4.99 Å². The van der Waals surface area contributed by atoms with Crippen LogP contribution < -0.4 is 10.6 Å². The zero-order valence-corrected chi connectivity index (χ0v) is 14.0. The van der Waals surface area contributed by atoms with E-state index in [-0.39, 0.29) is 24.0 Å². The van der Waals surface area contributed by atoms with Crippen LogP contribution in [-0.2, 0) is 19.5 Å². The van der Waals surface area contributed by atoms with Gasteiger partial charge in [-0.1, -0.05) is 6.92 Å². The number of hydrogen-bond donors (Lipinski definition) is 2. The van der Waals surface area contributed by atoms with E-state index in [1.165, 1.54) is 6.42 Å². The van der Waals surface area contributed by atoms with Crippen molar-refractivity contribution in [2.24, 2.45) is 4.99 Å². The van der Waals surface area contributed by atoms with Crippen LogP contribution in [0.25, 0.3) is 0 Å². The summed E-state index contributed by atoms with van der Waals surface area (Å²) in [4.78, 5) is 4.54. The van der Waals surface area contributed by atoms with Crippen molar-refractivity contribution < 1.29 is 0 Å². The maximum absolute atomic E-state index is 4.54. The van der Waals surface area contributed by atoms with Crippen LogP contribution in [-0.4, -0.2) is 33.8 Å². The van der Waals surface area contributed by atoms with Crippen molar-refractivity contribution in [1.82, 2.24) is 25.4 Å². The Balaban J connectivity index is 0.00000180. The Morgan fingerprint density at radius 1 is 1.32 bits per heavy atom. The van der Waals surface area contributed by atoms with E-state index >= 15 is 0 Å². The van der Waals surface area contributed by atoms with Crippen LogP contribution >= 0.6 is 24.0 Å². The average Bonchev–Trinajstić information content (AvgIpc) is 2.96. The van der Waals surface area contributed by atoms with E-state index in [1.54, 1.807) is 0 Å². The zero-order valence-electron chi connectivity index (χ0n) is 11.6. The molecule has 108 valence electrons. The lowest BCUT2D eigenvalue weighted by Gasteiger charge is -2.10. The molecule has 1 aromatic heterocycles. The fraction of sp³-hybridized carbons (Fsp3) is 0.750. The van der Waals surface area contributed by atoms with Crippen LogP contribution in [0.3, 0.4) is 0 Å². The Morgan fingerprint density at radius 2 is 2.16 bits per heavy atom. The second-order valence-corrected chi connectivity index (χ2v) is 4.41. The van der Waals surface area contributed by atoms with Crippen LogP contribution in [0.1, 0.15) is 38.3 Å². The summed E-state index contributed by atoms with van der Waals surface area (Å²) in [6, 6.07) is 0. The zero-order chi connectivity index (χ0) is 12.8. The summed E-state index contributed by atoms with van der Waals surface area (Å²) < 4.78 is 2.19. The van der Waals surface area contributed by atoms with Gasteiger partial charge in [0.15, 0.2) is 11.8 Å². The van der Waals surface area contributed by atoms with Gasteiger partial charge >= 0.3 is 0 Å². The van der Waals surface area contributed by atoms with Crippen LogP contribution in [0.5, 0.6) is 0 Å². The molecule has 2 heterocycles. The molecule has 6 nitrogen and oxygen atoms in total. The lowest BCUT2D eigenvalue weighted by Crippen LogP contribution is -2.37. The number of aromatic nitrogens is 3. The van der Waals surface area contributed by atoms with Crippen molar-refractivity contribution in [3.8, 4) is 0 Å². The summed E-state index contributed by atoms with van der Waals surface area (Å²) in [6.07, 6.45) is 3.31. The second kappa shape index (κ2) is 8.34. The Labute approximate surface area is 131 Å². The van der Waals surface area contributed by atoms with E-state index in [2.05, 4.69) is 44.2 Å². The lowest BCUT2D eigenvalue weighted by atomic mass is 10.4. The predicted molar refractivity (Wildman–Crippen MR) is 86.9 cm³/mol. The van der Waals surface area contributed by atoms with Gasteiger partial charge in [-0.25, -0.2) is 4.99 Å². The molecule has 0 amide bonds. The molecular formula is C12H23IN6. The van der Waals surface area contributed by atoms with Gasteiger partial charge in [-0.15, -0.1) is 34.2 Å². The maximum Gasteiger partial charge on any atom is 0.191 e. The molecule has 0 saturated carbocycles. The van der Waals surface area contributed by atoms with Gasteiger partial charge in [0.05, 0.1) is 0 Å². The Hall–Kier alpha value is -0.860. The quantitative estimate of drug-likeness (QED) is 0.461. The van der Waals surface area contributed by atoms with Crippen molar-refractivity contribution in [3.63, 3.8) is 0 Å². The molecule has 0 bridgehead atoms. The smallest absolute Gasteiger partial charge is 0.191 e. The lowest BCUT2D eigenvalue weighted by molar-refractivity contribution is 0.683. The first-order chi connectivity index (χ1) is 8.85. The van der Waals surface area contributed by atoms with Crippen LogP contribution in [0.4, 0.5) is 0 Å². The monoisotopic (exact) mass is 378 g/mol. The van der Waals surface area contributed by atoms with Crippen molar-refractivity contribution in [2.45, 2.75) is 46.2 Å². The van der Waals surface area contributed by atoms with E-state index in [9.17, 15) is 0 Å². The van der Waals surface area contributed by atoms with Crippen LogP contribution in [0.2, 0.25) is 0 Å². The molecule has 1 aliphatic heterocycles. The Morgan fingerprint density at radius 3 is 2.89 bits per heavy atom. The molecule has 0 saturated heterocycles. The highest BCUT2D eigenvalue weighted by Gasteiger charge is 2.16. The van der Waals surface area contributed by atoms with E-state index < -0.39 is 0 Å². The number of halogens is 1. The van der Waals surface area contributed by atoms with Gasteiger partial charge in [0, 0.05) is 26.1 Å². The standard InChI is InChI=1S/C12H22N6.HI/c1-3-7-14-12(13-4-2)15-9-11-17-16-10-6-5-8-18(10)11;/h3-9H2,1-2H3,(H2,13,14,15);1H. The normalized spacial score (nSPS) is 13.9. The SMILES string of the molecule is CCCNC(=NCc1nnc2n1CCC2)NCC.I. The first-order valence-electron chi connectivity index (χ1n) is 6.78. The first-order valence-corrected chi connectivity index (χ1v) is 6.78. The molecule has 0 unspecified atom stereocenters. The van der Waals surface area contributed by atoms with E-state index in [1.807, 2.05) is 0 Å². The van der Waals surface area contributed by atoms with Crippen molar-refractivity contribution in [3.05, 3.63) is 11.6 Å². The van der Waals surface area contributed by atoms with Gasteiger partial charge < -0.3 is 15.2 Å². The Kier molecular flexibility index (Phi) is 7.11. The minimum absolute atomic E-state index is 0. The summed E-state index contributed by atoms with van der Waals surface area (Å²) in [7, 11) is 0. The third-order valence-corrected chi connectivity index (χ3v) is 2.95. The number of nitrogens with zero attached hydrogens (tertiary/aromatic N) is 4. The highest BCUT2D eigenvalue weighted by Crippen LogP contribution is 2.14. The molecule has 0 fully saturated rings. The number of guanidine groups is 1. The molecule has 2 N–H and O–H groups in total. The van der Waals surface area contributed by atoms with Crippen molar-refractivity contribution in [1.29, 1.82) is 0 Å². The topological polar surface area (TPSA) is 67.1 Å². The van der Waals surface area contributed by atoms with E-state index in [0.29, 0.717) is 6.54 Å². The minimum Gasteiger partial charge on any atom is -0.357 e. The largest absolute Gasteiger partial charge is 0.357 e. The number of fused-ring (bicyclic) bond motifs is 1. The highest BCUT2D eigenvalue weighted by molar-refractivity contribution is 14.0. The average molecular weight is 378 g/mol. The third kappa shape index (κ3) is 4.32. The Bertz CT molecular complexity index is 414. The third-order valence-electron chi connectivity index (χ3n) is 2.95. The molecular weight excluding hydrogens is 355 g/mol. The van der Waals surface area contributed by atoms with Gasteiger partial charge in [0.2, 0.25) is 0 Å². The number of hydrogen-bond acceptors (Lipinski definition) is 3. The molecule has 0 aromatic carbocycles.